The highest BCUT2D eigenvalue weighted by Crippen LogP contribution is 2.19. The Balaban J connectivity index is 2.48. The molecule has 15 heavy (non-hydrogen) atoms. The minimum absolute atomic E-state index is 0.172. The normalized spacial score (nSPS) is 16.9. The summed E-state index contributed by atoms with van der Waals surface area (Å²) < 4.78 is 10.5. The SMILES string of the molecule is CCOC(CN1C(=O)CSC1=O)OCC. The van der Waals surface area contributed by atoms with Crippen molar-refractivity contribution in [2.45, 2.75) is 20.1 Å². The number of carbonyl (C=O) groups is 2. The van der Waals surface area contributed by atoms with Gasteiger partial charge in [0.1, 0.15) is 0 Å². The van der Waals surface area contributed by atoms with E-state index in [1.165, 1.54) is 4.90 Å². The summed E-state index contributed by atoms with van der Waals surface area (Å²) >= 11 is 1.02. The van der Waals surface area contributed by atoms with Crippen LogP contribution in [0, 0.1) is 0 Å². The third-order valence-electron chi connectivity index (χ3n) is 1.88. The Morgan fingerprint density at radius 3 is 2.33 bits per heavy atom. The summed E-state index contributed by atoms with van der Waals surface area (Å²) in [5, 5.41) is -0.218. The molecule has 0 saturated carbocycles. The number of nitrogens with zero attached hydrogens (tertiary/aromatic N) is 1. The molecule has 0 atom stereocenters. The van der Waals surface area contributed by atoms with Gasteiger partial charge >= 0.3 is 0 Å². The lowest BCUT2D eigenvalue weighted by Gasteiger charge is -2.21. The van der Waals surface area contributed by atoms with Gasteiger partial charge in [-0.1, -0.05) is 11.8 Å². The lowest BCUT2D eigenvalue weighted by Crippen LogP contribution is -2.38. The first-order chi connectivity index (χ1) is 7.19. The predicted molar refractivity (Wildman–Crippen MR) is 56.6 cm³/mol. The number of hydrogen-bond donors (Lipinski definition) is 0. The van der Waals surface area contributed by atoms with Crippen LogP contribution in [0.25, 0.3) is 0 Å². The summed E-state index contributed by atoms with van der Waals surface area (Å²) in [5.74, 6) is 0.0541. The number of amides is 2. The van der Waals surface area contributed by atoms with E-state index in [2.05, 4.69) is 0 Å². The summed E-state index contributed by atoms with van der Waals surface area (Å²) in [6, 6.07) is 0. The highest BCUT2D eigenvalue weighted by atomic mass is 32.2. The quantitative estimate of drug-likeness (QED) is 0.642. The standard InChI is InChI=1S/C9H15NO4S/c1-3-13-8(14-4-2)5-10-7(11)6-15-9(10)12/h8H,3-6H2,1-2H3. The van der Waals surface area contributed by atoms with Crippen molar-refractivity contribution in [2.75, 3.05) is 25.5 Å². The van der Waals surface area contributed by atoms with Crippen molar-refractivity contribution < 1.29 is 19.1 Å². The van der Waals surface area contributed by atoms with Crippen molar-refractivity contribution in [1.82, 2.24) is 4.90 Å². The summed E-state index contributed by atoms with van der Waals surface area (Å²) in [4.78, 5) is 23.8. The summed E-state index contributed by atoms with van der Waals surface area (Å²) in [7, 11) is 0. The number of rotatable bonds is 6. The molecule has 0 N–H and O–H groups in total. The molecule has 1 aliphatic rings. The summed E-state index contributed by atoms with van der Waals surface area (Å²) in [5.41, 5.74) is 0. The van der Waals surface area contributed by atoms with Crippen LogP contribution in [0.2, 0.25) is 0 Å². The molecule has 1 aliphatic heterocycles. The summed E-state index contributed by atoms with van der Waals surface area (Å²) in [6.45, 7) is 4.86. The summed E-state index contributed by atoms with van der Waals surface area (Å²) in [6.07, 6.45) is -0.508. The molecule has 2 amide bonds. The number of hydrogen-bond acceptors (Lipinski definition) is 5. The average molecular weight is 233 g/mol. The molecule has 0 aromatic rings. The molecule has 0 radical (unpaired) electrons. The largest absolute Gasteiger partial charge is 0.351 e. The van der Waals surface area contributed by atoms with Gasteiger partial charge in [0.05, 0.1) is 12.3 Å². The molecule has 1 saturated heterocycles. The Morgan fingerprint density at radius 1 is 1.33 bits per heavy atom. The van der Waals surface area contributed by atoms with Gasteiger partial charge in [-0.05, 0) is 13.8 Å². The lowest BCUT2D eigenvalue weighted by molar-refractivity contribution is -0.151. The van der Waals surface area contributed by atoms with E-state index in [-0.39, 0.29) is 23.4 Å². The van der Waals surface area contributed by atoms with Crippen LogP contribution in [-0.2, 0) is 14.3 Å². The van der Waals surface area contributed by atoms with Crippen LogP contribution < -0.4 is 0 Å². The molecule has 0 aromatic carbocycles. The Morgan fingerprint density at radius 2 is 1.93 bits per heavy atom. The van der Waals surface area contributed by atoms with Gasteiger partial charge in [-0.25, -0.2) is 0 Å². The van der Waals surface area contributed by atoms with Crippen LogP contribution in [0.4, 0.5) is 4.79 Å². The first-order valence-electron chi connectivity index (χ1n) is 4.89. The van der Waals surface area contributed by atoms with Crippen molar-refractivity contribution in [3.05, 3.63) is 0 Å². The maximum Gasteiger partial charge on any atom is 0.288 e. The van der Waals surface area contributed by atoms with Crippen molar-refractivity contribution in [1.29, 1.82) is 0 Å². The molecule has 1 heterocycles. The molecule has 1 fully saturated rings. The Hall–Kier alpha value is -0.590. The van der Waals surface area contributed by atoms with Crippen LogP contribution in [0.3, 0.4) is 0 Å². The monoisotopic (exact) mass is 233 g/mol. The molecule has 1 rings (SSSR count). The topological polar surface area (TPSA) is 55.8 Å². The molecule has 0 bridgehead atoms. The molecular formula is C9H15NO4S. The van der Waals surface area contributed by atoms with E-state index in [1.807, 2.05) is 13.8 Å². The van der Waals surface area contributed by atoms with Gasteiger partial charge < -0.3 is 9.47 Å². The fourth-order valence-electron chi connectivity index (χ4n) is 1.23. The van der Waals surface area contributed by atoms with Gasteiger partial charge in [0.2, 0.25) is 5.91 Å². The molecule has 6 heteroatoms. The maximum absolute atomic E-state index is 11.3. The second-order valence-corrected chi connectivity index (χ2v) is 3.83. The number of imide groups is 1. The smallest absolute Gasteiger partial charge is 0.288 e. The van der Waals surface area contributed by atoms with Crippen LogP contribution in [0.5, 0.6) is 0 Å². The molecule has 5 nitrogen and oxygen atoms in total. The van der Waals surface area contributed by atoms with Crippen LogP contribution >= 0.6 is 11.8 Å². The van der Waals surface area contributed by atoms with E-state index in [1.54, 1.807) is 0 Å². The average Bonchev–Trinajstić information content (AvgIpc) is 2.50. The number of thioether (sulfide) groups is 1. The molecule has 0 spiro atoms. The fraction of sp³-hybridized carbons (Fsp3) is 0.778. The predicted octanol–water partition coefficient (Wildman–Crippen LogP) is 1.08. The Kier molecular flexibility index (Phi) is 5.07. The Labute approximate surface area is 93.1 Å². The minimum Gasteiger partial charge on any atom is -0.351 e. The van der Waals surface area contributed by atoms with E-state index < -0.39 is 6.29 Å². The van der Waals surface area contributed by atoms with E-state index in [9.17, 15) is 9.59 Å². The Bertz CT molecular complexity index is 224. The molecule has 0 aromatic heterocycles. The molecule has 86 valence electrons. The third-order valence-corrected chi connectivity index (χ3v) is 2.74. The van der Waals surface area contributed by atoms with Crippen molar-refractivity contribution in [2.24, 2.45) is 0 Å². The lowest BCUT2D eigenvalue weighted by atomic mass is 10.5. The fourth-order valence-corrected chi connectivity index (χ4v) is 1.97. The molecular weight excluding hydrogens is 218 g/mol. The van der Waals surface area contributed by atoms with Crippen LogP contribution in [0.1, 0.15) is 13.8 Å². The van der Waals surface area contributed by atoms with Crippen LogP contribution in [-0.4, -0.2) is 47.8 Å². The van der Waals surface area contributed by atoms with E-state index in [4.69, 9.17) is 9.47 Å². The number of carbonyl (C=O) groups excluding carboxylic acids is 2. The van der Waals surface area contributed by atoms with Crippen molar-refractivity contribution in [3.63, 3.8) is 0 Å². The zero-order chi connectivity index (χ0) is 11.3. The number of ether oxygens (including phenoxy) is 2. The van der Waals surface area contributed by atoms with Crippen molar-refractivity contribution in [3.8, 4) is 0 Å². The van der Waals surface area contributed by atoms with Crippen LogP contribution in [0.15, 0.2) is 0 Å². The van der Waals surface area contributed by atoms with Gasteiger partial charge in [0, 0.05) is 13.2 Å². The van der Waals surface area contributed by atoms with Gasteiger partial charge in [-0.15, -0.1) is 0 Å². The van der Waals surface area contributed by atoms with Gasteiger partial charge in [0.15, 0.2) is 6.29 Å². The van der Waals surface area contributed by atoms with E-state index in [0.717, 1.165) is 11.8 Å². The second kappa shape index (κ2) is 6.09. The minimum atomic E-state index is -0.508. The van der Waals surface area contributed by atoms with Crippen molar-refractivity contribution >= 4 is 22.9 Å². The second-order valence-electron chi connectivity index (χ2n) is 2.90. The molecule has 0 aliphatic carbocycles. The van der Waals surface area contributed by atoms with Gasteiger partial charge in [0.25, 0.3) is 5.24 Å². The zero-order valence-corrected chi connectivity index (χ0v) is 9.71. The first-order valence-corrected chi connectivity index (χ1v) is 5.87. The van der Waals surface area contributed by atoms with E-state index in [0.29, 0.717) is 13.2 Å². The highest BCUT2D eigenvalue weighted by molar-refractivity contribution is 8.14. The molecule has 0 unspecified atom stereocenters. The zero-order valence-electron chi connectivity index (χ0n) is 8.89. The van der Waals surface area contributed by atoms with Gasteiger partial charge in [-0.2, -0.15) is 0 Å². The highest BCUT2D eigenvalue weighted by Gasteiger charge is 2.32. The maximum atomic E-state index is 11.3. The van der Waals surface area contributed by atoms with Gasteiger partial charge in [-0.3, -0.25) is 14.5 Å². The first kappa shape index (κ1) is 12.5. The third kappa shape index (κ3) is 3.48. The van der Waals surface area contributed by atoms with E-state index >= 15 is 0 Å².